The average molecular weight is 327 g/mol. The lowest BCUT2D eigenvalue weighted by atomic mass is 10.1. The lowest BCUT2D eigenvalue weighted by Gasteiger charge is -2.11. The Morgan fingerprint density at radius 3 is 2.38 bits per heavy atom. The van der Waals surface area contributed by atoms with E-state index in [1.54, 1.807) is 12.1 Å². The second-order valence-electron chi connectivity index (χ2n) is 5.60. The van der Waals surface area contributed by atoms with Crippen LogP contribution in [-0.2, 0) is 16.1 Å². The molecule has 0 saturated heterocycles. The second-order valence-corrected chi connectivity index (χ2v) is 5.60. The number of carbonyl (C=O) groups is 2. The lowest BCUT2D eigenvalue weighted by molar-refractivity contribution is -0.682. The first-order valence-electron chi connectivity index (χ1n) is 7.92. The quantitative estimate of drug-likeness (QED) is 0.756. The summed E-state index contributed by atoms with van der Waals surface area (Å²) < 4.78 is 4.65. The number of benzene rings is 2. The Hall–Kier alpha value is -2.66. The molecule has 0 aliphatic rings. The van der Waals surface area contributed by atoms with Gasteiger partial charge in [-0.3, -0.25) is 4.79 Å². The summed E-state index contributed by atoms with van der Waals surface area (Å²) in [7, 11) is 1.35. The zero-order chi connectivity index (χ0) is 17.4. The van der Waals surface area contributed by atoms with Gasteiger partial charge >= 0.3 is 5.97 Å². The topological polar surface area (TPSA) is 72.0 Å². The van der Waals surface area contributed by atoms with E-state index in [1.165, 1.54) is 12.7 Å². The fraction of sp³-hybridized carbons (Fsp3) is 0.263. The standard InChI is InChI=1S/C19H22N2O3/c1-14(16-6-4-3-5-7-16)20-13-18(22)21-12-15-8-10-17(11-9-15)19(23)24-2/h3-11,14,20H,12-13H2,1-2H3,(H,21,22)/p+1/t14-/m0/s1. The van der Waals surface area contributed by atoms with Crippen molar-refractivity contribution in [3.63, 3.8) is 0 Å². The van der Waals surface area contributed by atoms with Crippen molar-refractivity contribution in [2.24, 2.45) is 0 Å². The summed E-state index contributed by atoms with van der Waals surface area (Å²) in [6.07, 6.45) is 0. The Morgan fingerprint density at radius 1 is 1.08 bits per heavy atom. The number of methoxy groups -OCH3 is 1. The van der Waals surface area contributed by atoms with Crippen LogP contribution in [-0.4, -0.2) is 25.5 Å². The summed E-state index contributed by atoms with van der Waals surface area (Å²) in [5.74, 6) is -0.384. The van der Waals surface area contributed by atoms with Gasteiger partial charge in [-0.2, -0.15) is 0 Å². The van der Waals surface area contributed by atoms with Crippen molar-refractivity contribution in [1.82, 2.24) is 5.32 Å². The Kier molecular flexibility index (Phi) is 6.51. The molecule has 2 aromatic carbocycles. The fourth-order valence-corrected chi connectivity index (χ4v) is 2.33. The van der Waals surface area contributed by atoms with Gasteiger partial charge in [0.1, 0.15) is 6.04 Å². The highest BCUT2D eigenvalue weighted by atomic mass is 16.5. The Morgan fingerprint density at radius 2 is 1.75 bits per heavy atom. The van der Waals surface area contributed by atoms with Crippen molar-refractivity contribution in [2.45, 2.75) is 19.5 Å². The monoisotopic (exact) mass is 327 g/mol. The molecule has 0 unspecified atom stereocenters. The summed E-state index contributed by atoms with van der Waals surface area (Å²) in [5, 5.41) is 4.89. The highest BCUT2D eigenvalue weighted by molar-refractivity contribution is 5.89. The summed E-state index contributed by atoms with van der Waals surface area (Å²) in [6, 6.07) is 17.3. The summed E-state index contributed by atoms with van der Waals surface area (Å²) in [5.41, 5.74) is 2.63. The molecule has 5 heteroatoms. The molecule has 0 radical (unpaired) electrons. The SMILES string of the molecule is COC(=O)c1ccc(CNC(=O)C[NH2+][C@@H](C)c2ccccc2)cc1. The van der Waals surface area contributed by atoms with E-state index < -0.39 is 0 Å². The molecular weight excluding hydrogens is 304 g/mol. The first kappa shape index (κ1) is 17.7. The smallest absolute Gasteiger partial charge is 0.337 e. The van der Waals surface area contributed by atoms with E-state index in [1.807, 2.05) is 35.6 Å². The zero-order valence-corrected chi connectivity index (χ0v) is 14.0. The van der Waals surface area contributed by atoms with E-state index in [9.17, 15) is 9.59 Å². The van der Waals surface area contributed by atoms with Crippen LogP contribution in [0.1, 0.15) is 34.5 Å². The van der Waals surface area contributed by atoms with Gasteiger partial charge in [0.25, 0.3) is 5.91 Å². The molecule has 0 heterocycles. The number of amides is 1. The number of carbonyl (C=O) groups excluding carboxylic acids is 2. The fourth-order valence-electron chi connectivity index (χ4n) is 2.33. The Balaban J connectivity index is 1.76. The number of rotatable bonds is 7. The number of esters is 1. The van der Waals surface area contributed by atoms with Crippen LogP contribution >= 0.6 is 0 Å². The van der Waals surface area contributed by atoms with Gasteiger partial charge in [-0.15, -0.1) is 0 Å². The van der Waals surface area contributed by atoms with Gasteiger partial charge in [0.2, 0.25) is 0 Å². The number of hydrogen-bond donors (Lipinski definition) is 2. The van der Waals surface area contributed by atoms with Crippen molar-refractivity contribution in [1.29, 1.82) is 0 Å². The predicted octanol–water partition coefficient (Wildman–Crippen LogP) is 1.41. The minimum absolute atomic E-state index is 0.0187. The summed E-state index contributed by atoms with van der Waals surface area (Å²) in [6.45, 7) is 2.89. The molecule has 0 bridgehead atoms. The van der Waals surface area contributed by atoms with Crippen LogP contribution < -0.4 is 10.6 Å². The maximum atomic E-state index is 12.0. The van der Waals surface area contributed by atoms with Gasteiger partial charge in [-0.05, 0) is 24.6 Å². The molecule has 0 fully saturated rings. The summed E-state index contributed by atoms with van der Waals surface area (Å²) >= 11 is 0. The van der Waals surface area contributed by atoms with E-state index in [0.29, 0.717) is 18.7 Å². The second kappa shape index (κ2) is 8.84. The molecule has 0 aliphatic carbocycles. The van der Waals surface area contributed by atoms with Crippen molar-refractivity contribution < 1.29 is 19.6 Å². The molecule has 2 rings (SSSR count). The first-order valence-corrected chi connectivity index (χ1v) is 7.92. The van der Waals surface area contributed by atoms with E-state index in [0.717, 1.165) is 5.56 Å². The molecule has 126 valence electrons. The Labute approximate surface area is 142 Å². The number of nitrogens with one attached hydrogen (secondary N) is 1. The van der Waals surface area contributed by atoms with Gasteiger partial charge in [0, 0.05) is 12.1 Å². The molecule has 0 aromatic heterocycles. The molecule has 0 saturated carbocycles. The van der Waals surface area contributed by atoms with E-state index in [4.69, 9.17) is 0 Å². The molecule has 2 aromatic rings. The minimum atomic E-state index is -0.366. The van der Waals surface area contributed by atoms with Crippen LogP contribution in [0, 0.1) is 0 Å². The third-order valence-electron chi connectivity index (χ3n) is 3.85. The molecule has 5 nitrogen and oxygen atoms in total. The highest BCUT2D eigenvalue weighted by Crippen LogP contribution is 2.06. The number of quaternary nitrogens is 1. The normalized spacial score (nSPS) is 11.6. The van der Waals surface area contributed by atoms with Gasteiger partial charge in [-0.1, -0.05) is 42.5 Å². The molecule has 0 spiro atoms. The molecule has 1 atom stereocenters. The third kappa shape index (κ3) is 5.21. The Bertz CT molecular complexity index is 669. The van der Waals surface area contributed by atoms with Gasteiger partial charge in [0.15, 0.2) is 6.54 Å². The van der Waals surface area contributed by atoms with Crippen LogP contribution in [0.3, 0.4) is 0 Å². The molecule has 1 amide bonds. The van der Waals surface area contributed by atoms with Crippen molar-refractivity contribution in [2.75, 3.05) is 13.7 Å². The van der Waals surface area contributed by atoms with Gasteiger partial charge in [0.05, 0.1) is 12.7 Å². The van der Waals surface area contributed by atoms with Crippen molar-refractivity contribution in [3.05, 3.63) is 71.3 Å². The molecule has 3 N–H and O–H groups in total. The van der Waals surface area contributed by atoms with Gasteiger partial charge in [-0.25, -0.2) is 4.79 Å². The molecule has 0 aliphatic heterocycles. The zero-order valence-electron chi connectivity index (χ0n) is 14.0. The minimum Gasteiger partial charge on any atom is -0.465 e. The van der Waals surface area contributed by atoms with Crippen LogP contribution in [0.2, 0.25) is 0 Å². The first-order chi connectivity index (χ1) is 11.6. The van der Waals surface area contributed by atoms with Crippen LogP contribution in [0.4, 0.5) is 0 Å². The largest absolute Gasteiger partial charge is 0.465 e. The van der Waals surface area contributed by atoms with E-state index >= 15 is 0 Å². The number of nitrogens with two attached hydrogens (primary N) is 1. The highest BCUT2D eigenvalue weighted by Gasteiger charge is 2.11. The number of ether oxygens (including phenoxy) is 1. The van der Waals surface area contributed by atoms with E-state index in [2.05, 4.69) is 29.1 Å². The average Bonchev–Trinajstić information content (AvgIpc) is 2.64. The molecular formula is C19H23N2O3+. The third-order valence-corrected chi connectivity index (χ3v) is 3.85. The maximum absolute atomic E-state index is 12.0. The summed E-state index contributed by atoms with van der Waals surface area (Å²) in [4.78, 5) is 23.3. The van der Waals surface area contributed by atoms with Crippen molar-refractivity contribution in [3.8, 4) is 0 Å². The lowest BCUT2D eigenvalue weighted by Crippen LogP contribution is -2.87. The predicted molar refractivity (Wildman–Crippen MR) is 91.3 cm³/mol. The van der Waals surface area contributed by atoms with Crippen molar-refractivity contribution >= 4 is 11.9 Å². The van der Waals surface area contributed by atoms with Crippen LogP contribution in [0.5, 0.6) is 0 Å². The van der Waals surface area contributed by atoms with E-state index in [-0.39, 0.29) is 17.9 Å². The molecule has 24 heavy (non-hydrogen) atoms. The van der Waals surface area contributed by atoms with Gasteiger partial charge < -0.3 is 15.4 Å². The maximum Gasteiger partial charge on any atom is 0.337 e. The van der Waals surface area contributed by atoms with Crippen LogP contribution in [0.15, 0.2) is 54.6 Å². The van der Waals surface area contributed by atoms with Crippen LogP contribution in [0.25, 0.3) is 0 Å². The number of hydrogen-bond acceptors (Lipinski definition) is 3.